The minimum Gasteiger partial charge on any atom is -0.478 e. The quantitative estimate of drug-likeness (QED) is 0.243. The highest BCUT2D eigenvalue weighted by molar-refractivity contribution is 6.33. The van der Waals surface area contributed by atoms with Crippen molar-refractivity contribution in [2.75, 3.05) is 5.32 Å². The summed E-state index contributed by atoms with van der Waals surface area (Å²) in [5.74, 6) is -4.85. The summed E-state index contributed by atoms with van der Waals surface area (Å²) in [7, 11) is 0. The summed E-state index contributed by atoms with van der Waals surface area (Å²) in [5, 5.41) is 15.1. The van der Waals surface area contributed by atoms with Crippen LogP contribution in [0.2, 0.25) is 5.02 Å². The number of amides is 1. The first-order chi connectivity index (χ1) is 16.5. The fourth-order valence-electron chi connectivity index (χ4n) is 3.29. The second kappa shape index (κ2) is 10.2. The molecule has 0 spiro atoms. The van der Waals surface area contributed by atoms with Gasteiger partial charge in [0.2, 0.25) is 0 Å². The lowest BCUT2D eigenvalue weighted by atomic mass is 9.98. The molecular formula is C24H17ClF2N4O4. The first-order valence-corrected chi connectivity index (χ1v) is 10.2. The third kappa shape index (κ3) is 5.39. The number of benzene rings is 3. The molecule has 0 radical (unpaired) electrons. The summed E-state index contributed by atoms with van der Waals surface area (Å²) in [4.78, 5) is 37.1. The Kier molecular flexibility index (Phi) is 7.36. The maximum Gasteiger partial charge on any atom is 0.337 e. The number of carbonyl (C=O) groups excluding carboxylic acids is 2. The highest BCUT2D eigenvalue weighted by Gasteiger charge is 2.21. The zero-order valence-electron chi connectivity index (χ0n) is 18.0. The molecule has 0 bridgehead atoms. The lowest BCUT2D eigenvalue weighted by Crippen LogP contribution is -2.18. The minimum absolute atomic E-state index is 0.0377. The number of carboxylic acids is 1. The Labute approximate surface area is 202 Å². The van der Waals surface area contributed by atoms with Gasteiger partial charge in [-0.2, -0.15) is 5.11 Å². The fourth-order valence-corrected chi connectivity index (χ4v) is 3.56. The average molecular weight is 499 g/mol. The third-order valence-corrected chi connectivity index (χ3v) is 5.31. The molecule has 5 N–H and O–H groups in total. The van der Waals surface area contributed by atoms with E-state index in [2.05, 4.69) is 10.4 Å². The largest absolute Gasteiger partial charge is 0.478 e. The summed E-state index contributed by atoms with van der Waals surface area (Å²) < 4.78 is 27.0. The molecule has 3 aromatic rings. The molecular weight excluding hydrogens is 482 g/mol. The Morgan fingerprint density at radius 3 is 2.23 bits per heavy atom. The van der Waals surface area contributed by atoms with Gasteiger partial charge in [-0.05, 0) is 54.4 Å². The number of hydrogen-bond acceptors (Lipinski definition) is 6. The minimum atomic E-state index is -1.36. The second-order valence-corrected chi connectivity index (χ2v) is 7.70. The van der Waals surface area contributed by atoms with Crippen molar-refractivity contribution >= 4 is 40.6 Å². The van der Waals surface area contributed by atoms with E-state index in [1.807, 2.05) is 0 Å². The standard InChI is InChI=1S/C24H17ClF2N4O4/c1-11(32)15-9-18(25)17(21(28)10-30-29)8-16(15)23(33)31-22-7-13(2-4-14(22)24(34)35)12-3-5-19(26)20(27)6-12/h2-10,29H,28H2,1H3,(H,31,33)(H,34,35)/b21-10-,30-29?. The smallest absolute Gasteiger partial charge is 0.337 e. The number of nitrogens with two attached hydrogens (primary N) is 1. The van der Waals surface area contributed by atoms with Gasteiger partial charge in [0.25, 0.3) is 5.91 Å². The van der Waals surface area contributed by atoms with E-state index in [1.54, 1.807) is 0 Å². The molecule has 0 saturated heterocycles. The number of aromatic carboxylic acids is 1. The molecule has 3 aromatic carbocycles. The van der Waals surface area contributed by atoms with Gasteiger partial charge in [-0.3, -0.25) is 9.59 Å². The van der Waals surface area contributed by atoms with Crippen LogP contribution in [0.3, 0.4) is 0 Å². The monoisotopic (exact) mass is 498 g/mol. The number of Topliss-reactive ketones (excluding diaryl/α,β-unsaturated/α-hetero) is 1. The van der Waals surface area contributed by atoms with Crippen molar-refractivity contribution in [2.45, 2.75) is 6.92 Å². The van der Waals surface area contributed by atoms with E-state index in [0.29, 0.717) is 5.56 Å². The molecule has 0 saturated carbocycles. The van der Waals surface area contributed by atoms with E-state index in [1.165, 1.54) is 43.3 Å². The maximum atomic E-state index is 13.7. The Morgan fingerprint density at radius 2 is 1.63 bits per heavy atom. The second-order valence-electron chi connectivity index (χ2n) is 7.30. The average Bonchev–Trinajstić information content (AvgIpc) is 2.80. The molecule has 0 heterocycles. The predicted octanol–water partition coefficient (Wildman–Crippen LogP) is 5.73. The van der Waals surface area contributed by atoms with Crippen LogP contribution >= 0.6 is 11.6 Å². The maximum absolute atomic E-state index is 13.7. The highest BCUT2D eigenvalue weighted by atomic mass is 35.5. The van der Waals surface area contributed by atoms with Crippen LogP contribution in [0.15, 0.2) is 59.8 Å². The normalized spacial score (nSPS) is 11.1. The van der Waals surface area contributed by atoms with Crippen molar-refractivity contribution in [3.63, 3.8) is 0 Å². The number of carboxylic acid groups (broad SMARTS) is 1. The molecule has 8 nitrogen and oxygen atoms in total. The number of rotatable bonds is 7. The van der Waals surface area contributed by atoms with Crippen molar-refractivity contribution in [1.29, 1.82) is 5.53 Å². The molecule has 0 aliphatic rings. The summed E-state index contributed by atoms with van der Waals surface area (Å²) in [5.41, 5.74) is 12.7. The van der Waals surface area contributed by atoms with Gasteiger partial charge in [-0.15, -0.1) is 0 Å². The van der Waals surface area contributed by atoms with Crippen LogP contribution in [0, 0.1) is 17.2 Å². The lowest BCUT2D eigenvalue weighted by molar-refractivity contribution is 0.0697. The van der Waals surface area contributed by atoms with Gasteiger partial charge < -0.3 is 16.2 Å². The topological polar surface area (TPSA) is 146 Å². The fraction of sp³-hybridized carbons (Fsp3) is 0.0417. The zero-order valence-corrected chi connectivity index (χ0v) is 18.8. The number of nitrogens with zero attached hydrogens (tertiary/aromatic N) is 1. The highest BCUT2D eigenvalue weighted by Crippen LogP contribution is 2.30. The molecule has 0 fully saturated rings. The Hall–Kier alpha value is -4.44. The number of anilines is 1. The van der Waals surface area contributed by atoms with Gasteiger partial charge in [0.05, 0.1) is 33.7 Å². The van der Waals surface area contributed by atoms with Crippen LogP contribution in [0.5, 0.6) is 0 Å². The van der Waals surface area contributed by atoms with Crippen molar-refractivity contribution in [3.05, 3.63) is 93.6 Å². The molecule has 3 rings (SSSR count). The van der Waals surface area contributed by atoms with Crippen LogP contribution in [-0.4, -0.2) is 22.8 Å². The Morgan fingerprint density at radius 1 is 0.971 bits per heavy atom. The van der Waals surface area contributed by atoms with Crippen LogP contribution in [0.25, 0.3) is 16.8 Å². The van der Waals surface area contributed by atoms with E-state index in [-0.39, 0.29) is 44.2 Å². The van der Waals surface area contributed by atoms with E-state index in [0.717, 1.165) is 18.3 Å². The van der Waals surface area contributed by atoms with E-state index < -0.39 is 29.3 Å². The van der Waals surface area contributed by atoms with Crippen LogP contribution in [0.1, 0.15) is 43.6 Å². The van der Waals surface area contributed by atoms with Gasteiger partial charge in [-0.25, -0.2) is 19.1 Å². The number of hydrogen-bond donors (Lipinski definition) is 4. The molecule has 178 valence electrons. The van der Waals surface area contributed by atoms with Crippen molar-refractivity contribution < 1.29 is 28.3 Å². The van der Waals surface area contributed by atoms with Gasteiger partial charge in [0.15, 0.2) is 17.4 Å². The zero-order chi connectivity index (χ0) is 25.9. The van der Waals surface area contributed by atoms with Gasteiger partial charge in [0, 0.05) is 11.1 Å². The van der Waals surface area contributed by atoms with Crippen molar-refractivity contribution in [1.82, 2.24) is 0 Å². The number of carbonyl (C=O) groups is 3. The number of nitrogens with one attached hydrogen (secondary N) is 2. The third-order valence-electron chi connectivity index (χ3n) is 5.00. The van der Waals surface area contributed by atoms with Crippen LogP contribution < -0.4 is 11.1 Å². The first-order valence-electron chi connectivity index (χ1n) is 9.84. The first kappa shape index (κ1) is 25.2. The molecule has 0 aliphatic heterocycles. The van der Waals surface area contributed by atoms with Crippen molar-refractivity contribution in [3.8, 4) is 11.1 Å². The summed E-state index contributed by atoms with van der Waals surface area (Å²) in [6.45, 7) is 1.22. The molecule has 0 aromatic heterocycles. The summed E-state index contributed by atoms with van der Waals surface area (Å²) >= 11 is 6.18. The SMILES string of the molecule is CC(=O)c1cc(Cl)c(/C(N)=C/N=N)cc1C(=O)Nc1cc(-c2ccc(F)c(F)c2)ccc1C(=O)O. The molecule has 0 atom stereocenters. The summed E-state index contributed by atoms with van der Waals surface area (Å²) in [6, 6.07) is 9.47. The van der Waals surface area contributed by atoms with Crippen LogP contribution in [0.4, 0.5) is 14.5 Å². The lowest BCUT2D eigenvalue weighted by Gasteiger charge is -2.15. The summed E-state index contributed by atoms with van der Waals surface area (Å²) in [6.07, 6.45) is 0.990. The molecule has 35 heavy (non-hydrogen) atoms. The number of halogens is 3. The van der Waals surface area contributed by atoms with E-state index in [4.69, 9.17) is 22.9 Å². The van der Waals surface area contributed by atoms with Gasteiger partial charge >= 0.3 is 5.97 Å². The predicted molar refractivity (Wildman–Crippen MR) is 125 cm³/mol. The molecule has 0 unspecified atom stereocenters. The van der Waals surface area contributed by atoms with E-state index in [9.17, 15) is 28.3 Å². The Bertz CT molecular complexity index is 1420. The number of ketones is 1. The van der Waals surface area contributed by atoms with E-state index >= 15 is 0 Å². The molecule has 0 aliphatic carbocycles. The Balaban J connectivity index is 2.11. The molecule has 1 amide bonds. The van der Waals surface area contributed by atoms with Gasteiger partial charge in [0.1, 0.15) is 0 Å². The van der Waals surface area contributed by atoms with Crippen LogP contribution in [-0.2, 0) is 0 Å². The van der Waals surface area contributed by atoms with Crippen molar-refractivity contribution in [2.24, 2.45) is 10.8 Å². The molecule has 11 heteroatoms. The van der Waals surface area contributed by atoms with Gasteiger partial charge in [-0.1, -0.05) is 23.7 Å².